The van der Waals surface area contributed by atoms with Crippen LogP contribution in [0.3, 0.4) is 0 Å². The van der Waals surface area contributed by atoms with Crippen molar-refractivity contribution in [2.24, 2.45) is 0 Å². The maximum atomic E-state index is 12.5. The van der Waals surface area contributed by atoms with Gasteiger partial charge in [-0.2, -0.15) is 5.10 Å². The van der Waals surface area contributed by atoms with Crippen LogP contribution in [0, 0.1) is 0 Å². The van der Waals surface area contributed by atoms with E-state index in [2.05, 4.69) is 10.4 Å². The maximum Gasteiger partial charge on any atom is 0.227 e. The molecule has 1 aromatic heterocycles. The number of hydrogen-bond donors (Lipinski definition) is 1. The van der Waals surface area contributed by atoms with Crippen LogP contribution in [-0.2, 0) is 11.2 Å². The van der Waals surface area contributed by atoms with Gasteiger partial charge in [0.25, 0.3) is 0 Å². The quantitative estimate of drug-likeness (QED) is 0.912. The third-order valence-electron chi connectivity index (χ3n) is 4.20. The van der Waals surface area contributed by atoms with Crippen LogP contribution in [0.25, 0.3) is 5.69 Å². The highest BCUT2D eigenvalue weighted by molar-refractivity contribution is 5.79. The molecule has 5 nitrogen and oxygen atoms in total. The number of carbonyl (C=O) groups is 1. The summed E-state index contributed by atoms with van der Waals surface area (Å²) < 4.78 is 1.81. The lowest BCUT2D eigenvalue weighted by molar-refractivity contribution is -0.131. The van der Waals surface area contributed by atoms with E-state index in [1.54, 1.807) is 6.20 Å². The van der Waals surface area contributed by atoms with Crippen LogP contribution in [0.5, 0.6) is 0 Å². The van der Waals surface area contributed by atoms with E-state index in [9.17, 15) is 4.79 Å². The van der Waals surface area contributed by atoms with E-state index in [0.29, 0.717) is 12.5 Å². The lowest BCUT2D eigenvalue weighted by atomic mass is 10.1. The van der Waals surface area contributed by atoms with Gasteiger partial charge in [0.05, 0.1) is 12.1 Å². The van der Waals surface area contributed by atoms with E-state index in [1.165, 1.54) is 0 Å². The van der Waals surface area contributed by atoms with Crippen molar-refractivity contribution in [1.29, 1.82) is 0 Å². The Hall–Kier alpha value is -2.14. The topological polar surface area (TPSA) is 50.2 Å². The van der Waals surface area contributed by atoms with Crippen molar-refractivity contribution >= 4 is 5.91 Å². The van der Waals surface area contributed by atoms with Gasteiger partial charge in [0.15, 0.2) is 0 Å². The number of carbonyl (C=O) groups excluding carboxylic acids is 1. The Labute approximate surface area is 130 Å². The molecule has 2 aromatic rings. The molecule has 1 aromatic carbocycles. The molecule has 1 atom stereocenters. The molecule has 0 bridgehead atoms. The summed E-state index contributed by atoms with van der Waals surface area (Å²) in [6.07, 6.45) is 6.35. The molecular weight excluding hydrogens is 276 g/mol. The molecule has 3 rings (SSSR count). The van der Waals surface area contributed by atoms with Gasteiger partial charge in [-0.3, -0.25) is 4.79 Å². The van der Waals surface area contributed by atoms with Crippen LogP contribution in [0.4, 0.5) is 0 Å². The van der Waals surface area contributed by atoms with Crippen LogP contribution in [-0.4, -0.2) is 46.8 Å². The van der Waals surface area contributed by atoms with E-state index in [0.717, 1.165) is 37.2 Å². The first-order valence-corrected chi connectivity index (χ1v) is 7.81. The third-order valence-corrected chi connectivity index (χ3v) is 4.20. The first kappa shape index (κ1) is 14.8. The minimum absolute atomic E-state index is 0.226. The summed E-state index contributed by atoms with van der Waals surface area (Å²) in [5.41, 5.74) is 2.06. The van der Waals surface area contributed by atoms with Crippen LogP contribution < -0.4 is 5.32 Å². The molecular formula is C17H22N4O. The molecule has 1 aliphatic rings. The van der Waals surface area contributed by atoms with Crippen molar-refractivity contribution in [1.82, 2.24) is 20.0 Å². The van der Waals surface area contributed by atoms with Crippen molar-refractivity contribution in [3.05, 3.63) is 48.3 Å². The van der Waals surface area contributed by atoms with E-state index in [1.807, 2.05) is 53.2 Å². The zero-order valence-corrected chi connectivity index (χ0v) is 12.9. The number of hydrogen-bond acceptors (Lipinski definition) is 3. The Balaban J connectivity index is 1.64. The summed E-state index contributed by atoms with van der Waals surface area (Å²) in [5.74, 6) is 0.226. The van der Waals surface area contributed by atoms with Crippen molar-refractivity contribution in [3.63, 3.8) is 0 Å². The van der Waals surface area contributed by atoms with Crippen molar-refractivity contribution in [3.8, 4) is 5.69 Å². The standard InChI is InChI=1S/C17H22N4O/c1-18-13-16-4-2-10-20(16)17(22)12-14-5-7-15(8-6-14)21-11-3-9-19-21/h3,5-9,11,16,18H,2,4,10,12-13H2,1H3. The summed E-state index contributed by atoms with van der Waals surface area (Å²) >= 11 is 0. The summed E-state index contributed by atoms with van der Waals surface area (Å²) in [4.78, 5) is 14.5. The molecule has 0 radical (unpaired) electrons. The van der Waals surface area contributed by atoms with Gasteiger partial charge in [-0.15, -0.1) is 0 Å². The largest absolute Gasteiger partial charge is 0.338 e. The monoisotopic (exact) mass is 298 g/mol. The Morgan fingerprint density at radius 2 is 2.18 bits per heavy atom. The van der Waals surface area contributed by atoms with Crippen molar-refractivity contribution in [2.75, 3.05) is 20.1 Å². The van der Waals surface area contributed by atoms with Crippen LogP contribution in [0.2, 0.25) is 0 Å². The van der Waals surface area contributed by atoms with Crippen LogP contribution >= 0.6 is 0 Å². The smallest absolute Gasteiger partial charge is 0.227 e. The average molecular weight is 298 g/mol. The fourth-order valence-corrected chi connectivity index (χ4v) is 3.08. The molecule has 2 heterocycles. The lowest BCUT2D eigenvalue weighted by Gasteiger charge is -2.24. The van der Waals surface area contributed by atoms with Crippen LogP contribution in [0.1, 0.15) is 18.4 Å². The Bertz CT molecular complexity index is 606. The molecule has 22 heavy (non-hydrogen) atoms. The second kappa shape index (κ2) is 6.75. The predicted octanol–water partition coefficient (Wildman–Crippen LogP) is 1.63. The number of nitrogens with zero attached hydrogens (tertiary/aromatic N) is 3. The molecule has 1 amide bonds. The minimum atomic E-state index is 0.226. The number of benzene rings is 1. The van der Waals surface area contributed by atoms with Gasteiger partial charge >= 0.3 is 0 Å². The summed E-state index contributed by atoms with van der Waals surface area (Å²) in [6, 6.07) is 10.3. The number of aromatic nitrogens is 2. The first-order chi connectivity index (χ1) is 10.8. The molecule has 5 heteroatoms. The zero-order valence-electron chi connectivity index (χ0n) is 12.9. The fraction of sp³-hybridized carbons (Fsp3) is 0.412. The molecule has 1 unspecified atom stereocenters. The van der Waals surface area contributed by atoms with Gasteiger partial charge in [-0.25, -0.2) is 4.68 Å². The third kappa shape index (κ3) is 3.20. The van der Waals surface area contributed by atoms with Gasteiger partial charge in [-0.1, -0.05) is 12.1 Å². The van der Waals surface area contributed by atoms with Gasteiger partial charge < -0.3 is 10.2 Å². The van der Waals surface area contributed by atoms with Gasteiger partial charge in [0.1, 0.15) is 0 Å². The molecule has 1 saturated heterocycles. The van der Waals surface area contributed by atoms with Gasteiger partial charge in [-0.05, 0) is 43.7 Å². The Morgan fingerprint density at radius 1 is 1.36 bits per heavy atom. The minimum Gasteiger partial charge on any atom is -0.338 e. The number of likely N-dealkylation sites (tertiary alicyclic amines) is 1. The van der Waals surface area contributed by atoms with E-state index < -0.39 is 0 Å². The summed E-state index contributed by atoms with van der Waals surface area (Å²) in [6.45, 7) is 1.76. The predicted molar refractivity (Wildman–Crippen MR) is 85.9 cm³/mol. The summed E-state index contributed by atoms with van der Waals surface area (Å²) in [5, 5.41) is 7.38. The van der Waals surface area contributed by atoms with E-state index >= 15 is 0 Å². The second-order valence-electron chi connectivity index (χ2n) is 5.73. The van der Waals surface area contributed by atoms with Gasteiger partial charge in [0, 0.05) is 31.5 Å². The SMILES string of the molecule is CNCC1CCCN1C(=O)Cc1ccc(-n2cccn2)cc1. The Kier molecular flexibility index (Phi) is 4.53. The molecule has 0 aliphatic carbocycles. The average Bonchev–Trinajstić information content (AvgIpc) is 3.19. The van der Waals surface area contributed by atoms with Gasteiger partial charge in [0.2, 0.25) is 5.91 Å². The molecule has 1 aliphatic heterocycles. The molecule has 1 fully saturated rings. The number of amides is 1. The van der Waals surface area contributed by atoms with Crippen molar-refractivity contribution in [2.45, 2.75) is 25.3 Å². The highest BCUT2D eigenvalue weighted by atomic mass is 16.2. The van der Waals surface area contributed by atoms with E-state index in [-0.39, 0.29) is 5.91 Å². The highest BCUT2D eigenvalue weighted by Crippen LogP contribution is 2.18. The molecule has 0 saturated carbocycles. The highest BCUT2D eigenvalue weighted by Gasteiger charge is 2.27. The first-order valence-electron chi connectivity index (χ1n) is 7.81. The molecule has 0 spiro atoms. The molecule has 116 valence electrons. The number of nitrogens with one attached hydrogen (secondary N) is 1. The fourth-order valence-electron chi connectivity index (χ4n) is 3.08. The Morgan fingerprint density at radius 3 is 2.86 bits per heavy atom. The number of likely N-dealkylation sites (N-methyl/N-ethyl adjacent to an activating group) is 1. The summed E-state index contributed by atoms with van der Waals surface area (Å²) in [7, 11) is 1.94. The van der Waals surface area contributed by atoms with Crippen LogP contribution in [0.15, 0.2) is 42.7 Å². The maximum absolute atomic E-state index is 12.5. The van der Waals surface area contributed by atoms with Crippen molar-refractivity contribution < 1.29 is 4.79 Å². The normalized spacial score (nSPS) is 17.9. The zero-order chi connectivity index (χ0) is 15.4. The van der Waals surface area contributed by atoms with E-state index in [4.69, 9.17) is 0 Å². The molecule has 1 N–H and O–H groups in total. The number of rotatable bonds is 5. The second-order valence-corrected chi connectivity index (χ2v) is 5.73. The lowest BCUT2D eigenvalue weighted by Crippen LogP contribution is -2.41.